The Kier molecular flexibility index (Phi) is 3.45. The van der Waals surface area contributed by atoms with E-state index in [1.165, 1.54) is 12.1 Å². The van der Waals surface area contributed by atoms with Crippen molar-refractivity contribution in [2.75, 3.05) is 0 Å². The van der Waals surface area contributed by atoms with Crippen LogP contribution < -0.4 is 0 Å². The van der Waals surface area contributed by atoms with Crippen molar-refractivity contribution in [2.24, 2.45) is 7.05 Å². The van der Waals surface area contributed by atoms with Crippen LogP contribution in [0.2, 0.25) is 5.02 Å². The van der Waals surface area contributed by atoms with Gasteiger partial charge in [0.1, 0.15) is 5.82 Å². The van der Waals surface area contributed by atoms with E-state index in [1.807, 2.05) is 6.07 Å². The SMILES string of the molecule is Cn1ccc(CC(O)c2ccc(Cl)c(F)c2)n1. The predicted octanol–water partition coefficient (Wildman–Crippen LogP) is 2.49. The first kappa shape index (κ1) is 12.1. The lowest BCUT2D eigenvalue weighted by molar-refractivity contribution is 0.176. The van der Waals surface area contributed by atoms with E-state index < -0.39 is 11.9 Å². The molecule has 0 bridgehead atoms. The molecule has 3 nitrogen and oxygen atoms in total. The highest BCUT2D eigenvalue weighted by atomic mass is 35.5. The van der Waals surface area contributed by atoms with Gasteiger partial charge in [-0.25, -0.2) is 4.39 Å². The minimum absolute atomic E-state index is 0.0544. The van der Waals surface area contributed by atoms with Gasteiger partial charge in [0, 0.05) is 19.7 Å². The summed E-state index contributed by atoms with van der Waals surface area (Å²) in [5, 5.41) is 14.1. The molecule has 0 amide bonds. The first-order valence-corrected chi connectivity index (χ1v) is 5.55. The Bertz CT molecular complexity index is 527. The molecule has 1 aromatic heterocycles. The summed E-state index contributed by atoms with van der Waals surface area (Å²) in [4.78, 5) is 0. The molecule has 0 radical (unpaired) electrons. The summed E-state index contributed by atoms with van der Waals surface area (Å²) in [5.41, 5.74) is 1.26. The smallest absolute Gasteiger partial charge is 0.142 e. The maximum absolute atomic E-state index is 13.2. The first-order valence-electron chi connectivity index (χ1n) is 5.18. The molecule has 1 heterocycles. The summed E-state index contributed by atoms with van der Waals surface area (Å²) < 4.78 is 14.9. The average molecular weight is 255 g/mol. The highest BCUT2D eigenvalue weighted by Crippen LogP contribution is 2.22. The van der Waals surface area contributed by atoms with E-state index in [0.717, 1.165) is 5.69 Å². The van der Waals surface area contributed by atoms with Crippen LogP contribution in [-0.2, 0) is 13.5 Å². The Labute approximate surface area is 103 Å². The summed E-state index contributed by atoms with van der Waals surface area (Å²) in [6.07, 6.45) is 1.36. The molecular weight excluding hydrogens is 243 g/mol. The zero-order valence-electron chi connectivity index (χ0n) is 9.27. The van der Waals surface area contributed by atoms with Gasteiger partial charge in [0.2, 0.25) is 0 Å². The summed E-state index contributed by atoms with van der Waals surface area (Å²) in [5.74, 6) is -0.524. The molecule has 2 aromatic rings. The molecule has 2 rings (SSSR count). The van der Waals surface area contributed by atoms with Gasteiger partial charge in [-0.2, -0.15) is 5.10 Å². The van der Waals surface area contributed by atoms with Crippen molar-refractivity contribution in [3.63, 3.8) is 0 Å². The first-order chi connectivity index (χ1) is 8.06. The lowest BCUT2D eigenvalue weighted by atomic mass is 10.1. The van der Waals surface area contributed by atoms with Crippen LogP contribution in [0, 0.1) is 5.82 Å². The van der Waals surface area contributed by atoms with Gasteiger partial charge in [-0.05, 0) is 23.8 Å². The third-order valence-electron chi connectivity index (χ3n) is 2.50. The number of aromatic nitrogens is 2. The molecule has 0 aliphatic heterocycles. The molecule has 17 heavy (non-hydrogen) atoms. The van der Waals surface area contributed by atoms with E-state index in [2.05, 4.69) is 5.10 Å². The maximum Gasteiger partial charge on any atom is 0.142 e. The molecule has 0 saturated heterocycles. The van der Waals surface area contributed by atoms with Crippen LogP contribution in [0.15, 0.2) is 30.5 Å². The fourth-order valence-electron chi connectivity index (χ4n) is 1.61. The standard InChI is InChI=1S/C12H12ClFN2O/c1-16-5-4-9(15-16)7-12(17)8-2-3-10(13)11(14)6-8/h2-6,12,17H,7H2,1H3. The van der Waals surface area contributed by atoms with Gasteiger partial charge in [-0.1, -0.05) is 17.7 Å². The Morgan fingerprint density at radius 1 is 1.47 bits per heavy atom. The number of benzene rings is 1. The number of rotatable bonds is 3. The minimum Gasteiger partial charge on any atom is -0.388 e. The second-order valence-electron chi connectivity index (χ2n) is 3.87. The molecule has 5 heteroatoms. The molecule has 0 saturated carbocycles. The van der Waals surface area contributed by atoms with E-state index >= 15 is 0 Å². The minimum atomic E-state index is -0.781. The molecule has 0 aliphatic carbocycles. The molecule has 0 aliphatic rings. The monoisotopic (exact) mass is 254 g/mol. The second-order valence-corrected chi connectivity index (χ2v) is 4.28. The van der Waals surface area contributed by atoms with Crippen molar-refractivity contribution < 1.29 is 9.50 Å². The molecule has 1 unspecified atom stereocenters. The Balaban J connectivity index is 2.14. The number of aliphatic hydroxyl groups excluding tert-OH is 1. The van der Waals surface area contributed by atoms with Gasteiger partial charge in [-0.15, -0.1) is 0 Å². The summed E-state index contributed by atoms with van der Waals surface area (Å²) in [7, 11) is 1.80. The van der Waals surface area contributed by atoms with E-state index in [0.29, 0.717) is 12.0 Å². The number of aryl methyl sites for hydroxylation is 1. The van der Waals surface area contributed by atoms with Crippen LogP contribution in [0.25, 0.3) is 0 Å². The summed E-state index contributed by atoms with van der Waals surface area (Å²) >= 11 is 5.58. The van der Waals surface area contributed by atoms with Gasteiger partial charge in [0.25, 0.3) is 0 Å². The van der Waals surface area contributed by atoms with Crippen LogP contribution in [0.1, 0.15) is 17.4 Å². The Morgan fingerprint density at radius 2 is 2.24 bits per heavy atom. The third-order valence-corrected chi connectivity index (χ3v) is 2.81. The van der Waals surface area contributed by atoms with Gasteiger partial charge in [-0.3, -0.25) is 4.68 Å². The van der Waals surface area contributed by atoms with Gasteiger partial charge >= 0.3 is 0 Å². The molecule has 0 spiro atoms. The van der Waals surface area contributed by atoms with Crippen molar-refractivity contribution >= 4 is 11.6 Å². The van der Waals surface area contributed by atoms with Crippen LogP contribution in [0.3, 0.4) is 0 Å². The number of hydrogen-bond donors (Lipinski definition) is 1. The van der Waals surface area contributed by atoms with Crippen molar-refractivity contribution in [3.8, 4) is 0 Å². The lowest BCUT2D eigenvalue weighted by Gasteiger charge is -2.09. The lowest BCUT2D eigenvalue weighted by Crippen LogP contribution is -2.03. The quantitative estimate of drug-likeness (QED) is 0.914. The predicted molar refractivity (Wildman–Crippen MR) is 63.3 cm³/mol. The largest absolute Gasteiger partial charge is 0.388 e. The molecule has 1 atom stereocenters. The third kappa shape index (κ3) is 2.84. The summed E-state index contributed by atoms with van der Waals surface area (Å²) in [6.45, 7) is 0. The highest BCUT2D eigenvalue weighted by Gasteiger charge is 2.12. The van der Waals surface area contributed by atoms with E-state index in [9.17, 15) is 9.50 Å². The maximum atomic E-state index is 13.2. The number of nitrogens with zero attached hydrogens (tertiary/aromatic N) is 2. The average Bonchev–Trinajstić information content (AvgIpc) is 2.68. The van der Waals surface area contributed by atoms with Crippen molar-refractivity contribution in [2.45, 2.75) is 12.5 Å². The molecular formula is C12H12ClFN2O. The Morgan fingerprint density at radius 3 is 2.82 bits per heavy atom. The molecule has 1 N–H and O–H groups in total. The Hall–Kier alpha value is -1.39. The zero-order valence-corrected chi connectivity index (χ0v) is 10.0. The number of halogens is 2. The fraction of sp³-hybridized carbons (Fsp3) is 0.250. The van der Waals surface area contributed by atoms with Crippen molar-refractivity contribution in [3.05, 3.63) is 52.6 Å². The van der Waals surface area contributed by atoms with Crippen molar-refractivity contribution in [1.82, 2.24) is 9.78 Å². The van der Waals surface area contributed by atoms with Gasteiger partial charge < -0.3 is 5.11 Å². The van der Waals surface area contributed by atoms with Crippen LogP contribution in [0.4, 0.5) is 4.39 Å². The van der Waals surface area contributed by atoms with Crippen LogP contribution >= 0.6 is 11.6 Å². The molecule has 90 valence electrons. The van der Waals surface area contributed by atoms with E-state index in [4.69, 9.17) is 11.6 Å². The van der Waals surface area contributed by atoms with Crippen molar-refractivity contribution in [1.29, 1.82) is 0 Å². The van der Waals surface area contributed by atoms with Gasteiger partial charge in [0.05, 0.1) is 16.8 Å². The normalized spacial score (nSPS) is 12.7. The zero-order chi connectivity index (χ0) is 12.4. The number of aliphatic hydroxyl groups is 1. The topological polar surface area (TPSA) is 38.0 Å². The van der Waals surface area contributed by atoms with E-state index in [1.54, 1.807) is 24.0 Å². The molecule has 1 aromatic carbocycles. The molecule has 0 fully saturated rings. The van der Waals surface area contributed by atoms with E-state index in [-0.39, 0.29) is 5.02 Å². The highest BCUT2D eigenvalue weighted by molar-refractivity contribution is 6.30. The van der Waals surface area contributed by atoms with Crippen LogP contribution in [0.5, 0.6) is 0 Å². The van der Waals surface area contributed by atoms with Gasteiger partial charge in [0.15, 0.2) is 0 Å². The second kappa shape index (κ2) is 4.85. The number of hydrogen-bond acceptors (Lipinski definition) is 2. The van der Waals surface area contributed by atoms with Crippen LogP contribution in [-0.4, -0.2) is 14.9 Å². The fourth-order valence-corrected chi connectivity index (χ4v) is 1.73. The summed E-state index contributed by atoms with van der Waals surface area (Å²) in [6, 6.07) is 6.11.